The first-order valence-corrected chi connectivity index (χ1v) is 8.39. The highest BCUT2D eigenvalue weighted by atomic mass is 35.5. The van der Waals surface area contributed by atoms with Crippen molar-refractivity contribution < 1.29 is 13.2 Å². The molecule has 3 rings (SSSR count). The number of hydrogen-bond donors (Lipinski definition) is 3. The number of hydrogen-bond acceptors (Lipinski definition) is 7. The van der Waals surface area contributed by atoms with Crippen LogP contribution in [-0.4, -0.2) is 27.6 Å². The van der Waals surface area contributed by atoms with Gasteiger partial charge in [0.1, 0.15) is 16.3 Å². The first-order chi connectivity index (χ1) is 10.9. The number of pyridine rings is 1. The van der Waals surface area contributed by atoms with E-state index in [1.807, 2.05) is 0 Å². The zero-order valence-corrected chi connectivity index (χ0v) is 13.9. The van der Waals surface area contributed by atoms with E-state index < -0.39 is 10.0 Å². The quantitative estimate of drug-likeness (QED) is 0.770. The Labute approximate surface area is 138 Å². The molecule has 1 aliphatic heterocycles. The van der Waals surface area contributed by atoms with Gasteiger partial charge in [-0.2, -0.15) is 0 Å². The van der Waals surface area contributed by atoms with E-state index in [0.717, 1.165) is 0 Å². The van der Waals surface area contributed by atoms with Crippen molar-refractivity contribution in [3.63, 3.8) is 0 Å². The number of sulfonamides is 1. The molecule has 10 heteroatoms. The second-order valence-electron chi connectivity index (χ2n) is 4.75. The second kappa shape index (κ2) is 5.76. The van der Waals surface area contributed by atoms with Crippen LogP contribution in [0.25, 0.3) is 0 Å². The van der Waals surface area contributed by atoms with E-state index in [1.54, 1.807) is 24.2 Å². The molecule has 0 amide bonds. The van der Waals surface area contributed by atoms with Gasteiger partial charge in [0, 0.05) is 19.4 Å². The van der Waals surface area contributed by atoms with Crippen molar-refractivity contribution in [3.05, 3.63) is 35.6 Å². The summed E-state index contributed by atoms with van der Waals surface area (Å²) >= 11 is 6.20. The van der Waals surface area contributed by atoms with Gasteiger partial charge in [-0.1, -0.05) is 11.6 Å². The molecular weight excluding hydrogens is 342 g/mol. The average molecular weight is 356 g/mol. The van der Waals surface area contributed by atoms with Crippen molar-refractivity contribution >= 4 is 38.7 Å². The van der Waals surface area contributed by atoms with Crippen LogP contribution in [0.15, 0.2) is 35.5 Å². The van der Waals surface area contributed by atoms with Crippen molar-refractivity contribution in [1.29, 1.82) is 0 Å². The number of halogens is 1. The number of benzene rings is 1. The number of ether oxygens (including phenoxy) is 1. The summed E-state index contributed by atoms with van der Waals surface area (Å²) in [6.45, 7) is 0. The molecule has 2 heterocycles. The average Bonchev–Trinajstić information content (AvgIpc) is 2.89. The standard InChI is InChI=1S/C13H14ClN5O3S/c1-19-10-6-9(14)13(22-2)12(11(10)16-18-19)17-23(20,21)8-4-3-5-15-7-8/h3-7,16-18H,1-2H3. The lowest BCUT2D eigenvalue weighted by Gasteiger charge is -2.17. The van der Waals surface area contributed by atoms with E-state index in [-0.39, 0.29) is 21.4 Å². The lowest BCUT2D eigenvalue weighted by atomic mass is 10.2. The number of hydrazine groups is 2. The van der Waals surface area contributed by atoms with Crippen LogP contribution >= 0.6 is 11.6 Å². The number of methoxy groups -OCH3 is 1. The van der Waals surface area contributed by atoms with Gasteiger partial charge in [-0.3, -0.25) is 20.1 Å². The lowest BCUT2D eigenvalue weighted by molar-refractivity contribution is 0.417. The maximum atomic E-state index is 12.6. The van der Waals surface area contributed by atoms with Gasteiger partial charge in [-0.25, -0.2) is 8.42 Å². The van der Waals surface area contributed by atoms with Crippen LogP contribution in [-0.2, 0) is 10.0 Å². The number of anilines is 3. The Hall–Kier alpha value is -2.23. The fourth-order valence-electron chi connectivity index (χ4n) is 2.21. The van der Waals surface area contributed by atoms with Crippen LogP contribution < -0.4 is 25.4 Å². The topological polar surface area (TPSA) is 95.6 Å². The van der Waals surface area contributed by atoms with Crippen LogP contribution in [0.4, 0.5) is 17.1 Å². The van der Waals surface area contributed by atoms with Crippen LogP contribution in [0, 0.1) is 0 Å². The molecule has 0 saturated carbocycles. The molecule has 0 aliphatic carbocycles. The molecule has 0 unspecified atom stereocenters. The minimum atomic E-state index is -3.84. The molecule has 0 saturated heterocycles. The zero-order chi connectivity index (χ0) is 16.6. The van der Waals surface area contributed by atoms with Gasteiger partial charge in [-0.05, 0) is 18.2 Å². The van der Waals surface area contributed by atoms with E-state index in [2.05, 4.69) is 20.7 Å². The Morgan fingerprint density at radius 1 is 1.43 bits per heavy atom. The van der Waals surface area contributed by atoms with Gasteiger partial charge in [-0.15, -0.1) is 5.53 Å². The molecule has 0 atom stereocenters. The Morgan fingerprint density at radius 2 is 2.22 bits per heavy atom. The van der Waals surface area contributed by atoms with E-state index in [1.165, 1.54) is 25.6 Å². The summed E-state index contributed by atoms with van der Waals surface area (Å²) < 4.78 is 32.9. The van der Waals surface area contributed by atoms with Crippen LogP contribution in [0.1, 0.15) is 0 Å². The van der Waals surface area contributed by atoms with E-state index in [0.29, 0.717) is 11.4 Å². The molecule has 1 aromatic carbocycles. The molecule has 0 bridgehead atoms. The van der Waals surface area contributed by atoms with Crippen molar-refractivity contribution in [2.24, 2.45) is 0 Å². The molecule has 23 heavy (non-hydrogen) atoms. The molecule has 1 aromatic heterocycles. The van der Waals surface area contributed by atoms with Crippen LogP contribution in [0.3, 0.4) is 0 Å². The maximum absolute atomic E-state index is 12.6. The molecule has 3 N–H and O–H groups in total. The van der Waals surface area contributed by atoms with Gasteiger partial charge < -0.3 is 4.74 Å². The highest BCUT2D eigenvalue weighted by molar-refractivity contribution is 7.92. The van der Waals surface area contributed by atoms with Gasteiger partial charge in [0.05, 0.1) is 17.8 Å². The van der Waals surface area contributed by atoms with Crippen LogP contribution in [0.2, 0.25) is 5.02 Å². The normalized spacial score (nSPS) is 13.4. The maximum Gasteiger partial charge on any atom is 0.263 e. The summed E-state index contributed by atoms with van der Waals surface area (Å²) in [7, 11) is -0.656. The van der Waals surface area contributed by atoms with Crippen molar-refractivity contribution in [2.75, 3.05) is 29.3 Å². The summed E-state index contributed by atoms with van der Waals surface area (Å²) in [5.74, 6) is 0.225. The Kier molecular flexibility index (Phi) is 3.92. The predicted molar refractivity (Wildman–Crippen MR) is 88.2 cm³/mol. The summed E-state index contributed by atoms with van der Waals surface area (Å²) in [6, 6.07) is 4.66. The minimum absolute atomic E-state index is 0.0371. The monoisotopic (exact) mass is 355 g/mol. The Balaban J connectivity index is 2.12. The fraction of sp³-hybridized carbons (Fsp3) is 0.154. The van der Waals surface area contributed by atoms with Gasteiger partial charge >= 0.3 is 0 Å². The van der Waals surface area contributed by atoms with Crippen LogP contribution in [0.5, 0.6) is 5.75 Å². The Bertz CT molecular complexity index is 844. The predicted octanol–water partition coefficient (Wildman–Crippen LogP) is 1.83. The number of nitrogens with one attached hydrogen (secondary N) is 3. The summed E-state index contributed by atoms with van der Waals surface area (Å²) in [5, 5.41) is 1.95. The molecule has 0 spiro atoms. The molecule has 8 nitrogen and oxygen atoms in total. The third-order valence-corrected chi connectivity index (χ3v) is 4.92. The van der Waals surface area contributed by atoms with E-state index >= 15 is 0 Å². The Morgan fingerprint density at radius 3 is 2.87 bits per heavy atom. The third kappa shape index (κ3) is 2.74. The molecule has 1 aliphatic rings. The number of rotatable bonds is 4. The molecular formula is C13H14ClN5O3S. The van der Waals surface area contributed by atoms with E-state index in [9.17, 15) is 8.42 Å². The summed E-state index contributed by atoms with van der Waals surface area (Å²) in [5.41, 5.74) is 7.15. The van der Waals surface area contributed by atoms with Crippen molar-refractivity contribution in [3.8, 4) is 5.75 Å². The SMILES string of the molecule is COc1c(Cl)cc2c(c1NS(=O)(=O)c1cccnc1)NNN2C. The first-order valence-electron chi connectivity index (χ1n) is 6.53. The smallest absolute Gasteiger partial charge is 0.263 e. The largest absolute Gasteiger partial charge is 0.493 e. The highest BCUT2D eigenvalue weighted by Gasteiger charge is 2.28. The third-order valence-electron chi connectivity index (χ3n) is 3.31. The molecule has 122 valence electrons. The summed E-state index contributed by atoms with van der Waals surface area (Å²) in [6.07, 6.45) is 2.76. The number of nitrogens with zero attached hydrogens (tertiary/aromatic N) is 2. The van der Waals surface area contributed by atoms with Gasteiger partial charge in [0.2, 0.25) is 0 Å². The summed E-state index contributed by atoms with van der Waals surface area (Å²) in [4.78, 5) is 3.86. The van der Waals surface area contributed by atoms with Crippen molar-refractivity contribution in [1.82, 2.24) is 10.5 Å². The highest BCUT2D eigenvalue weighted by Crippen LogP contribution is 2.47. The molecule has 0 fully saturated rings. The zero-order valence-electron chi connectivity index (χ0n) is 12.3. The fourth-order valence-corrected chi connectivity index (χ4v) is 3.52. The minimum Gasteiger partial charge on any atom is -0.493 e. The number of fused-ring (bicyclic) bond motifs is 1. The van der Waals surface area contributed by atoms with Gasteiger partial charge in [0.25, 0.3) is 10.0 Å². The van der Waals surface area contributed by atoms with E-state index in [4.69, 9.17) is 16.3 Å². The lowest BCUT2D eigenvalue weighted by Crippen LogP contribution is -2.31. The molecule has 0 radical (unpaired) electrons. The number of aromatic nitrogens is 1. The first kappa shape index (κ1) is 15.7. The van der Waals surface area contributed by atoms with Gasteiger partial charge in [0.15, 0.2) is 5.75 Å². The van der Waals surface area contributed by atoms with Crippen molar-refractivity contribution in [2.45, 2.75) is 4.90 Å². The molecule has 2 aromatic rings. The second-order valence-corrected chi connectivity index (χ2v) is 6.84.